The number of rotatable bonds is 2. The summed E-state index contributed by atoms with van der Waals surface area (Å²) in [7, 11) is 0. The Morgan fingerprint density at radius 2 is 2.13 bits per heavy atom. The highest BCUT2D eigenvalue weighted by atomic mass is 35.5. The van der Waals surface area contributed by atoms with Crippen LogP contribution in [0.2, 0.25) is 5.02 Å². The summed E-state index contributed by atoms with van der Waals surface area (Å²) in [4.78, 5) is 10.9. The van der Waals surface area contributed by atoms with E-state index in [0.717, 1.165) is 0 Å². The van der Waals surface area contributed by atoms with E-state index in [2.05, 4.69) is 5.10 Å². The molecule has 0 aliphatic carbocycles. The first-order valence-electron chi connectivity index (χ1n) is 4.21. The van der Waals surface area contributed by atoms with E-state index in [4.69, 9.17) is 16.7 Å². The maximum Gasteiger partial charge on any atom is 0.337 e. The molecule has 0 atom stereocenters. The average Bonchev–Trinajstić information content (AvgIpc) is 2.65. The van der Waals surface area contributed by atoms with Crippen molar-refractivity contribution in [1.82, 2.24) is 9.78 Å². The van der Waals surface area contributed by atoms with E-state index in [1.165, 1.54) is 16.9 Å². The highest BCUT2D eigenvalue weighted by Gasteiger charge is 2.10. The number of nitrogens with zero attached hydrogens (tertiary/aromatic N) is 2. The van der Waals surface area contributed by atoms with Gasteiger partial charge in [0.05, 0.1) is 22.5 Å². The maximum absolute atomic E-state index is 10.9. The Kier molecular flexibility index (Phi) is 2.43. The number of halogens is 1. The molecular formula is C10H7ClN2O2. The number of carbonyl (C=O) groups is 1. The highest BCUT2D eigenvalue weighted by molar-refractivity contribution is 6.30. The van der Waals surface area contributed by atoms with Crippen molar-refractivity contribution in [3.63, 3.8) is 0 Å². The minimum Gasteiger partial charge on any atom is -0.478 e. The first kappa shape index (κ1) is 9.73. The molecule has 1 aromatic carbocycles. The minimum absolute atomic E-state index is 0.192. The minimum atomic E-state index is -0.989. The molecule has 4 nitrogen and oxygen atoms in total. The van der Waals surface area contributed by atoms with Gasteiger partial charge in [0.15, 0.2) is 0 Å². The van der Waals surface area contributed by atoms with Gasteiger partial charge in [-0.05, 0) is 12.1 Å². The van der Waals surface area contributed by atoms with Gasteiger partial charge >= 0.3 is 5.97 Å². The van der Waals surface area contributed by atoms with Gasteiger partial charge in [0, 0.05) is 6.20 Å². The number of carboxylic acids is 1. The van der Waals surface area contributed by atoms with Crippen LogP contribution in [0.5, 0.6) is 0 Å². The molecule has 2 aromatic rings. The van der Waals surface area contributed by atoms with Crippen LogP contribution in [0, 0.1) is 0 Å². The first-order valence-corrected chi connectivity index (χ1v) is 4.59. The third kappa shape index (κ3) is 1.85. The first-order chi connectivity index (χ1) is 7.18. The van der Waals surface area contributed by atoms with Crippen molar-refractivity contribution in [1.29, 1.82) is 0 Å². The number of hydrogen-bond acceptors (Lipinski definition) is 2. The van der Waals surface area contributed by atoms with Crippen molar-refractivity contribution in [3.05, 3.63) is 47.2 Å². The topological polar surface area (TPSA) is 55.1 Å². The normalized spacial score (nSPS) is 10.2. The lowest BCUT2D eigenvalue weighted by Crippen LogP contribution is -2.05. The Morgan fingerprint density at radius 3 is 2.73 bits per heavy atom. The van der Waals surface area contributed by atoms with E-state index >= 15 is 0 Å². The number of aromatic carboxylic acids is 1. The predicted octanol–water partition coefficient (Wildman–Crippen LogP) is 2.22. The van der Waals surface area contributed by atoms with Crippen LogP contribution in [0.4, 0.5) is 0 Å². The molecule has 0 aliphatic heterocycles. The van der Waals surface area contributed by atoms with E-state index in [-0.39, 0.29) is 5.56 Å². The zero-order chi connectivity index (χ0) is 10.8. The van der Waals surface area contributed by atoms with Crippen LogP contribution in [0.3, 0.4) is 0 Å². The van der Waals surface area contributed by atoms with Crippen molar-refractivity contribution in [2.24, 2.45) is 0 Å². The Hall–Kier alpha value is -1.81. The maximum atomic E-state index is 10.9. The number of carboxylic acid groups (broad SMARTS) is 1. The molecule has 76 valence electrons. The van der Waals surface area contributed by atoms with Crippen molar-refractivity contribution in [2.75, 3.05) is 0 Å². The summed E-state index contributed by atoms with van der Waals surface area (Å²) in [6, 6.07) is 6.61. The van der Waals surface area contributed by atoms with Gasteiger partial charge in [0.25, 0.3) is 0 Å². The fourth-order valence-corrected chi connectivity index (χ4v) is 1.42. The molecule has 15 heavy (non-hydrogen) atoms. The summed E-state index contributed by atoms with van der Waals surface area (Å²) < 4.78 is 1.44. The van der Waals surface area contributed by atoms with Crippen LogP contribution in [-0.2, 0) is 0 Å². The van der Waals surface area contributed by atoms with Crippen molar-refractivity contribution >= 4 is 17.6 Å². The van der Waals surface area contributed by atoms with Gasteiger partial charge in [-0.15, -0.1) is 0 Å². The molecule has 0 bridgehead atoms. The van der Waals surface area contributed by atoms with E-state index in [1.807, 2.05) is 0 Å². The predicted molar refractivity (Wildman–Crippen MR) is 55.5 cm³/mol. The third-order valence-corrected chi connectivity index (χ3v) is 2.13. The Balaban J connectivity index is 2.57. The van der Waals surface area contributed by atoms with Gasteiger partial charge in [-0.1, -0.05) is 23.7 Å². The molecule has 0 radical (unpaired) electrons. The quantitative estimate of drug-likeness (QED) is 0.848. The number of hydrogen-bond donors (Lipinski definition) is 1. The summed E-state index contributed by atoms with van der Waals surface area (Å²) in [5, 5.41) is 13.4. The van der Waals surface area contributed by atoms with Crippen LogP contribution in [-0.4, -0.2) is 20.9 Å². The number of aromatic nitrogens is 2. The Bertz CT molecular complexity index is 508. The fourth-order valence-electron chi connectivity index (χ4n) is 1.29. The highest BCUT2D eigenvalue weighted by Crippen LogP contribution is 2.16. The van der Waals surface area contributed by atoms with E-state index < -0.39 is 5.97 Å². The van der Waals surface area contributed by atoms with Crippen LogP contribution in [0.1, 0.15) is 10.4 Å². The standard InChI is InChI=1S/C10H7ClN2O2/c11-7-5-12-13(6-7)9-4-2-1-3-8(9)10(14)15/h1-6H,(H,14,15). The number of benzene rings is 1. The van der Waals surface area contributed by atoms with E-state index in [0.29, 0.717) is 10.7 Å². The van der Waals surface area contributed by atoms with Gasteiger partial charge in [0.1, 0.15) is 0 Å². The average molecular weight is 223 g/mol. The third-order valence-electron chi connectivity index (χ3n) is 1.93. The molecule has 0 saturated carbocycles. The summed E-state index contributed by atoms with van der Waals surface area (Å²) in [6.45, 7) is 0. The molecule has 2 rings (SSSR count). The SMILES string of the molecule is O=C(O)c1ccccc1-n1cc(Cl)cn1. The van der Waals surface area contributed by atoms with Gasteiger partial charge in [0.2, 0.25) is 0 Å². The lowest BCUT2D eigenvalue weighted by atomic mass is 10.2. The fraction of sp³-hybridized carbons (Fsp3) is 0. The molecule has 1 heterocycles. The van der Waals surface area contributed by atoms with Crippen LogP contribution in [0.25, 0.3) is 5.69 Å². The van der Waals surface area contributed by atoms with Crippen LogP contribution < -0.4 is 0 Å². The molecule has 0 amide bonds. The van der Waals surface area contributed by atoms with Crippen LogP contribution in [0.15, 0.2) is 36.7 Å². The number of para-hydroxylation sites is 1. The molecule has 0 saturated heterocycles. The lowest BCUT2D eigenvalue weighted by molar-refractivity contribution is 0.0696. The molecule has 5 heteroatoms. The second kappa shape index (κ2) is 3.74. The molecule has 0 fully saturated rings. The zero-order valence-corrected chi connectivity index (χ0v) is 8.35. The monoisotopic (exact) mass is 222 g/mol. The van der Waals surface area contributed by atoms with Crippen molar-refractivity contribution in [2.45, 2.75) is 0 Å². The van der Waals surface area contributed by atoms with Crippen molar-refractivity contribution < 1.29 is 9.90 Å². The second-order valence-electron chi connectivity index (χ2n) is 2.93. The Morgan fingerprint density at radius 1 is 1.40 bits per heavy atom. The van der Waals surface area contributed by atoms with Gasteiger partial charge in [-0.2, -0.15) is 5.10 Å². The largest absolute Gasteiger partial charge is 0.478 e. The molecule has 1 aromatic heterocycles. The summed E-state index contributed by atoms with van der Waals surface area (Å²) >= 11 is 5.71. The van der Waals surface area contributed by atoms with Crippen LogP contribution >= 0.6 is 11.6 Å². The second-order valence-corrected chi connectivity index (χ2v) is 3.36. The summed E-state index contributed by atoms with van der Waals surface area (Å²) in [5.41, 5.74) is 0.689. The smallest absolute Gasteiger partial charge is 0.337 e. The molecular weight excluding hydrogens is 216 g/mol. The van der Waals surface area contributed by atoms with Gasteiger partial charge < -0.3 is 5.11 Å². The lowest BCUT2D eigenvalue weighted by Gasteiger charge is -2.04. The van der Waals surface area contributed by atoms with Crippen molar-refractivity contribution in [3.8, 4) is 5.69 Å². The molecule has 0 aliphatic rings. The van der Waals surface area contributed by atoms with Gasteiger partial charge in [-0.25, -0.2) is 9.48 Å². The summed E-state index contributed by atoms with van der Waals surface area (Å²) in [6.07, 6.45) is 3.02. The summed E-state index contributed by atoms with van der Waals surface area (Å²) in [5.74, 6) is -0.989. The van der Waals surface area contributed by atoms with E-state index in [1.54, 1.807) is 24.4 Å². The van der Waals surface area contributed by atoms with Gasteiger partial charge in [-0.3, -0.25) is 0 Å². The van der Waals surface area contributed by atoms with E-state index in [9.17, 15) is 4.79 Å². The zero-order valence-electron chi connectivity index (χ0n) is 7.59. The molecule has 0 spiro atoms. The molecule has 1 N–H and O–H groups in total. The Labute approximate surface area is 90.7 Å². The molecule has 0 unspecified atom stereocenters.